The lowest BCUT2D eigenvalue weighted by molar-refractivity contribution is 0.126. The second-order valence-electron chi connectivity index (χ2n) is 10.3. The van der Waals surface area contributed by atoms with Crippen LogP contribution in [-0.2, 0) is 6.54 Å². The summed E-state index contributed by atoms with van der Waals surface area (Å²) in [5, 5.41) is 17.1. The van der Waals surface area contributed by atoms with Crippen LogP contribution in [0.15, 0.2) is 24.5 Å². The molecule has 8 heteroatoms. The SMILES string of the molecule is CCCC(CC)Nc1ncc(-c2ccc(CN3CCN(C)CC3)cn2)c(NC2CCC(O)CC2)n1. The average molecular weight is 482 g/mol. The fourth-order valence-electron chi connectivity index (χ4n) is 5.01. The second-order valence-corrected chi connectivity index (χ2v) is 10.3. The molecule has 1 aliphatic heterocycles. The van der Waals surface area contributed by atoms with Crippen LogP contribution in [0, 0.1) is 0 Å². The quantitative estimate of drug-likeness (QED) is 0.469. The first-order valence-electron chi connectivity index (χ1n) is 13.5. The Morgan fingerprint density at radius 2 is 1.80 bits per heavy atom. The summed E-state index contributed by atoms with van der Waals surface area (Å²) in [5.41, 5.74) is 3.05. The Bertz CT molecular complexity index is 906. The van der Waals surface area contributed by atoms with Crippen molar-refractivity contribution < 1.29 is 5.11 Å². The van der Waals surface area contributed by atoms with Gasteiger partial charge in [-0.15, -0.1) is 0 Å². The number of rotatable bonds is 10. The lowest BCUT2D eigenvalue weighted by Crippen LogP contribution is -2.43. The van der Waals surface area contributed by atoms with Crippen LogP contribution < -0.4 is 10.6 Å². The van der Waals surface area contributed by atoms with Gasteiger partial charge in [-0.05, 0) is 57.2 Å². The van der Waals surface area contributed by atoms with E-state index >= 15 is 0 Å². The van der Waals surface area contributed by atoms with Crippen LogP contribution in [0.1, 0.15) is 64.4 Å². The first-order chi connectivity index (χ1) is 17.0. The van der Waals surface area contributed by atoms with E-state index in [0.29, 0.717) is 18.0 Å². The number of likely N-dealkylation sites (N-methyl/N-ethyl adjacent to an activating group) is 1. The van der Waals surface area contributed by atoms with Gasteiger partial charge >= 0.3 is 0 Å². The molecule has 8 nitrogen and oxygen atoms in total. The minimum Gasteiger partial charge on any atom is -0.393 e. The van der Waals surface area contributed by atoms with Gasteiger partial charge in [0, 0.05) is 57.2 Å². The van der Waals surface area contributed by atoms with E-state index in [2.05, 4.69) is 58.4 Å². The highest BCUT2D eigenvalue weighted by Gasteiger charge is 2.22. The third kappa shape index (κ3) is 7.35. The number of aliphatic hydroxyl groups excluding tert-OH is 1. The van der Waals surface area contributed by atoms with Crippen molar-refractivity contribution >= 4 is 11.8 Å². The lowest BCUT2D eigenvalue weighted by Gasteiger charge is -2.32. The van der Waals surface area contributed by atoms with E-state index in [1.807, 2.05) is 12.4 Å². The first-order valence-corrected chi connectivity index (χ1v) is 13.5. The zero-order chi connectivity index (χ0) is 24.6. The number of aromatic nitrogens is 3. The predicted molar refractivity (Wildman–Crippen MR) is 143 cm³/mol. The molecule has 3 heterocycles. The Labute approximate surface area is 210 Å². The average Bonchev–Trinajstić information content (AvgIpc) is 2.87. The van der Waals surface area contributed by atoms with Crippen molar-refractivity contribution in [2.24, 2.45) is 0 Å². The standard InChI is InChI=1S/C27H43N7O/c1-4-6-21(5-2)31-27-29-18-24(26(32-27)30-22-8-10-23(35)11-9-22)25-12-7-20(17-28-25)19-34-15-13-33(3)14-16-34/h7,12,17-18,21-23,35H,4-6,8-11,13-16,19H2,1-3H3,(H2,29,30,31,32). The second kappa shape index (κ2) is 12.6. The predicted octanol–water partition coefficient (Wildman–Crippen LogP) is 3.99. The van der Waals surface area contributed by atoms with Gasteiger partial charge < -0.3 is 20.6 Å². The van der Waals surface area contributed by atoms with E-state index in [1.54, 1.807) is 0 Å². The third-order valence-corrected chi connectivity index (χ3v) is 7.39. The van der Waals surface area contributed by atoms with E-state index in [0.717, 1.165) is 94.7 Å². The Balaban J connectivity index is 1.51. The number of anilines is 2. The Morgan fingerprint density at radius 1 is 1.03 bits per heavy atom. The molecule has 0 bridgehead atoms. The Kier molecular flexibility index (Phi) is 9.29. The molecule has 35 heavy (non-hydrogen) atoms. The van der Waals surface area contributed by atoms with Gasteiger partial charge in [-0.3, -0.25) is 9.88 Å². The fourth-order valence-corrected chi connectivity index (χ4v) is 5.01. The van der Waals surface area contributed by atoms with Crippen LogP contribution in [0.3, 0.4) is 0 Å². The number of nitrogens with one attached hydrogen (secondary N) is 2. The Morgan fingerprint density at radius 3 is 2.46 bits per heavy atom. The molecule has 2 fully saturated rings. The molecule has 0 aromatic carbocycles. The van der Waals surface area contributed by atoms with Gasteiger partial charge in [0.15, 0.2) is 0 Å². The van der Waals surface area contributed by atoms with Crippen molar-refractivity contribution in [2.75, 3.05) is 43.9 Å². The topological polar surface area (TPSA) is 89.4 Å². The number of nitrogens with zero attached hydrogens (tertiary/aromatic N) is 5. The molecule has 1 saturated heterocycles. The molecule has 1 aliphatic carbocycles. The summed E-state index contributed by atoms with van der Waals surface area (Å²) < 4.78 is 0. The molecule has 0 spiro atoms. The minimum absolute atomic E-state index is 0.177. The first kappa shape index (κ1) is 25.8. The molecule has 2 aliphatic rings. The molecule has 2 aromatic heterocycles. The van der Waals surface area contributed by atoms with E-state index in [-0.39, 0.29) is 6.10 Å². The minimum atomic E-state index is -0.177. The fraction of sp³-hybridized carbons (Fsp3) is 0.667. The van der Waals surface area contributed by atoms with Crippen molar-refractivity contribution in [3.05, 3.63) is 30.1 Å². The van der Waals surface area contributed by atoms with Gasteiger partial charge in [0.1, 0.15) is 5.82 Å². The van der Waals surface area contributed by atoms with Crippen LogP contribution in [0.2, 0.25) is 0 Å². The zero-order valence-corrected chi connectivity index (χ0v) is 21.7. The van der Waals surface area contributed by atoms with Crippen LogP contribution >= 0.6 is 0 Å². The molecule has 1 saturated carbocycles. The summed E-state index contributed by atoms with van der Waals surface area (Å²) in [6, 6.07) is 4.95. The summed E-state index contributed by atoms with van der Waals surface area (Å²) in [7, 11) is 2.18. The largest absolute Gasteiger partial charge is 0.393 e. The van der Waals surface area contributed by atoms with Crippen molar-refractivity contribution in [3.63, 3.8) is 0 Å². The number of hydrogen-bond donors (Lipinski definition) is 3. The maximum absolute atomic E-state index is 9.92. The van der Waals surface area contributed by atoms with Gasteiger partial charge in [-0.25, -0.2) is 4.98 Å². The third-order valence-electron chi connectivity index (χ3n) is 7.39. The molecule has 4 rings (SSSR count). The molecule has 2 aromatic rings. The van der Waals surface area contributed by atoms with Crippen LogP contribution in [-0.4, -0.2) is 81.3 Å². The van der Waals surface area contributed by atoms with Gasteiger partial charge in [0.25, 0.3) is 0 Å². The maximum atomic E-state index is 9.92. The zero-order valence-electron chi connectivity index (χ0n) is 21.7. The van der Waals surface area contributed by atoms with Crippen molar-refractivity contribution in [1.29, 1.82) is 0 Å². The molecule has 3 N–H and O–H groups in total. The number of hydrogen-bond acceptors (Lipinski definition) is 8. The highest BCUT2D eigenvalue weighted by Crippen LogP contribution is 2.29. The lowest BCUT2D eigenvalue weighted by atomic mass is 9.93. The highest BCUT2D eigenvalue weighted by molar-refractivity contribution is 5.73. The van der Waals surface area contributed by atoms with Crippen LogP contribution in [0.4, 0.5) is 11.8 Å². The van der Waals surface area contributed by atoms with Gasteiger partial charge in [0.2, 0.25) is 5.95 Å². The summed E-state index contributed by atoms with van der Waals surface area (Å²) in [4.78, 5) is 19.2. The monoisotopic (exact) mass is 481 g/mol. The smallest absolute Gasteiger partial charge is 0.224 e. The maximum Gasteiger partial charge on any atom is 0.224 e. The van der Waals surface area contributed by atoms with E-state index in [1.165, 1.54) is 5.56 Å². The van der Waals surface area contributed by atoms with Crippen LogP contribution in [0.25, 0.3) is 11.3 Å². The normalized spacial score (nSPS) is 22.6. The van der Waals surface area contributed by atoms with E-state index in [4.69, 9.17) is 9.97 Å². The Hall–Kier alpha value is -2.29. The van der Waals surface area contributed by atoms with Crippen LogP contribution in [0.5, 0.6) is 0 Å². The van der Waals surface area contributed by atoms with Crippen molar-refractivity contribution in [1.82, 2.24) is 24.8 Å². The summed E-state index contributed by atoms with van der Waals surface area (Å²) in [5.74, 6) is 1.49. The molecule has 0 radical (unpaired) electrons. The highest BCUT2D eigenvalue weighted by atomic mass is 16.3. The van der Waals surface area contributed by atoms with Crippen molar-refractivity contribution in [3.8, 4) is 11.3 Å². The summed E-state index contributed by atoms with van der Waals surface area (Å²) in [6.07, 6.45) is 10.5. The molecule has 1 unspecified atom stereocenters. The molecular formula is C27H43N7O. The number of aliphatic hydroxyl groups is 1. The van der Waals surface area contributed by atoms with Gasteiger partial charge in [0.05, 0.1) is 17.4 Å². The number of pyridine rings is 1. The van der Waals surface area contributed by atoms with E-state index in [9.17, 15) is 5.11 Å². The number of piperazine rings is 1. The molecule has 0 amide bonds. The van der Waals surface area contributed by atoms with Gasteiger partial charge in [-0.2, -0.15) is 4.98 Å². The van der Waals surface area contributed by atoms with E-state index < -0.39 is 0 Å². The molecule has 1 atom stereocenters. The summed E-state index contributed by atoms with van der Waals surface area (Å²) >= 11 is 0. The van der Waals surface area contributed by atoms with Gasteiger partial charge in [-0.1, -0.05) is 26.3 Å². The molecule has 192 valence electrons. The van der Waals surface area contributed by atoms with Crippen molar-refractivity contribution in [2.45, 2.75) is 83.5 Å². The summed E-state index contributed by atoms with van der Waals surface area (Å²) in [6.45, 7) is 9.77. The molecular weight excluding hydrogens is 438 g/mol.